The van der Waals surface area contributed by atoms with Crippen molar-refractivity contribution in [3.8, 4) is 0 Å². The first-order chi connectivity index (χ1) is 8.89. The maximum Gasteiger partial charge on any atom is 0.0105 e. The Balaban J connectivity index is 1.94. The minimum Gasteiger partial charge on any atom is -0.317 e. The largest absolute Gasteiger partial charge is 0.317 e. The number of piperidine rings is 1. The fraction of sp³-hybridized carbons (Fsp3) is 1.00. The molecular weight excluding hydrogens is 232 g/mol. The van der Waals surface area contributed by atoms with Crippen LogP contribution in [0.25, 0.3) is 0 Å². The van der Waals surface area contributed by atoms with Crippen LogP contribution in [0.2, 0.25) is 0 Å². The fourth-order valence-electron chi connectivity index (χ4n) is 4.58. The summed E-state index contributed by atoms with van der Waals surface area (Å²) in [5, 5.41) is 3.58. The van der Waals surface area contributed by atoms with E-state index in [0.717, 1.165) is 23.8 Å². The highest BCUT2D eigenvalue weighted by atomic mass is 15.1. The van der Waals surface area contributed by atoms with Gasteiger partial charge in [-0.2, -0.15) is 0 Å². The van der Waals surface area contributed by atoms with Crippen molar-refractivity contribution in [3.63, 3.8) is 0 Å². The second kappa shape index (κ2) is 6.13. The topological polar surface area (TPSA) is 15.3 Å². The second-order valence-electron chi connectivity index (χ2n) is 8.23. The normalized spacial score (nSPS) is 40.3. The van der Waals surface area contributed by atoms with Crippen molar-refractivity contribution in [2.24, 2.45) is 23.2 Å². The van der Waals surface area contributed by atoms with Gasteiger partial charge in [0, 0.05) is 25.7 Å². The van der Waals surface area contributed by atoms with Crippen LogP contribution >= 0.6 is 0 Å². The van der Waals surface area contributed by atoms with Gasteiger partial charge in [-0.3, -0.25) is 0 Å². The lowest BCUT2D eigenvalue weighted by Gasteiger charge is -2.44. The lowest BCUT2D eigenvalue weighted by Crippen LogP contribution is -2.49. The molecule has 2 rings (SSSR count). The van der Waals surface area contributed by atoms with E-state index < -0.39 is 0 Å². The third-order valence-electron chi connectivity index (χ3n) is 5.32. The van der Waals surface area contributed by atoms with Crippen LogP contribution in [-0.4, -0.2) is 37.6 Å². The summed E-state index contributed by atoms with van der Waals surface area (Å²) >= 11 is 0. The summed E-state index contributed by atoms with van der Waals surface area (Å²) in [5.41, 5.74) is 0.547. The molecule has 1 aliphatic carbocycles. The number of rotatable bonds is 3. The van der Waals surface area contributed by atoms with Crippen molar-refractivity contribution in [2.45, 2.75) is 59.4 Å². The first-order valence-corrected chi connectivity index (χ1v) is 8.29. The van der Waals surface area contributed by atoms with Crippen LogP contribution in [0.5, 0.6) is 0 Å². The van der Waals surface area contributed by atoms with Crippen LogP contribution in [0.15, 0.2) is 0 Å². The zero-order valence-electron chi connectivity index (χ0n) is 13.7. The molecule has 0 aromatic carbocycles. The Hall–Kier alpha value is -0.0800. The molecule has 2 fully saturated rings. The van der Waals surface area contributed by atoms with Gasteiger partial charge >= 0.3 is 0 Å². The number of nitrogens with zero attached hydrogens (tertiary/aromatic N) is 1. The molecule has 2 nitrogen and oxygen atoms in total. The van der Waals surface area contributed by atoms with Crippen LogP contribution in [0, 0.1) is 23.2 Å². The molecule has 4 atom stereocenters. The molecule has 1 aliphatic heterocycles. The Morgan fingerprint density at radius 2 is 1.79 bits per heavy atom. The second-order valence-corrected chi connectivity index (χ2v) is 8.23. The monoisotopic (exact) mass is 266 g/mol. The first-order valence-electron chi connectivity index (χ1n) is 8.29. The SMILES string of the molecule is CNC1CCC(C)(C)CC1CN1CC(C)CC(C)C1. The van der Waals surface area contributed by atoms with Crippen LogP contribution in [0.4, 0.5) is 0 Å². The summed E-state index contributed by atoms with van der Waals surface area (Å²) in [6.07, 6.45) is 5.54. The molecule has 2 aliphatic rings. The summed E-state index contributed by atoms with van der Waals surface area (Å²) in [5.74, 6) is 2.60. The molecule has 1 N–H and O–H groups in total. The Labute approximate surface area is 120 Å². The van der Waals surface area contributed by atoms with Crippen molar-refractivity contribution in [1.82, 2.24) is 10.2 Å². The summed E-state index contributed by atoms with van der Waals surface area (Å²) in [4.78, 5) is 2.75. The summed E-state index contributed by atoms with van der Waals surface area (Å²) < 4.78 is 0. The van der Waals surface area contributed by atoms with E-state index >= 15 is 0 Å². The molecule has 1 saturated heterocycles. The predicted octanol–water partition coefficient (Wildman–Crippen LogP) is 3.38. The minimum absolute atomic E-state index is 0.547. The molecule has 1 saturated carbocycles. The Morgan fingerprint density at radius 3 is 2.37 bits per heavy atom. The molecule has 0 amide bonds. The van der Waals surface area contributed by atoms with Crippen LogP contribution in [-0.2, 0) is 0 Å². The van der Waals surface area contributed by atoms with Crippen LogP contribution in [0.3, 0.4) is 0 Å². The van der Waals surface area contributed by atoms with E-state index in [1.54, 1.807) is 0 Å². The van der Waals surface area contributed by atoms with Gasteiger partial charge < -0.3 is 10.2 Å². The van der Waals surface area contributed by atoms with Crippen LogP contribution in [0.1, 0.15) is 53.4 Å². The third kappa shape index (κ3) is 4.19. The summed E-state index contributed by atoms with van der Waals surface area (Å²) in [6.45, 7) is 13.7. The van der Waals surface area contributed by atoms with E-state index in [4.69, 9.17) is 0 Å². The highest BCUT2D eigenvalue weighted by molar-refractivity contribution is 4.90. The quantitative estimate of drug-likeness (QED) is 0.842. The Bertz CT molecular complexity index is 277. The predicted molar refractivity (Wildman–Crippen MR) is 83.4 cm³/mol. The molecule has 0 aromatic heterocycles. The van der Waals surface area contributed by atoms with Gasteiger partial charge in [0.1, 0.15) is 0 Å². The highest BCUT2D eigenvalue weighted by Gasteiger charge is 2.35. The maximum atomic E-state index is 3.58. The van der Waals surface area contributed by atoms with Crippen molar-refractivity contribution >= 4 is 0 Å². The molecule has 4 unspecified atom stereocenters. The molecule has 19 heavy (non-hydrogen) atoms. The van der Waals surface area contributed by atoms with Gasteiger partial charge in [0.2, 0.25) is 0 Å². The smallest absolute Gasteiger partial charge is 0.0105 e. The minimum atomic E-state index is 0.547. The molecule has 0 aromatic rings. The molecule has 0 radical (unpaired) electrons. The van der Waals surface area contributed by atoms with Gasteiger partial charge in [-0.25, -0.2) is 0 Å². The number of hydrogen-bond acceptors (Lipinski definition) is 2. The highest BCUT2D eigenvalue weighted by Crippen LogP contribution is 2.39. The fourth-order valence-corrected chi connectivity index (χ4v) is 4.58. The van der Waals surface area contributed by atoms with E-state index in [9.17, 15) is 0 Å². The number of likely N-dealkylation sites (tertiary alicyclic amines) is 1. The number of nitrogens with one attached hydrogen (secondary N) is 1. The van der Waals surface area contributed by atoms with Gasteiger partial charge in [-0.1, -0.05) is 27.7 Å². The standard InChI is InChI=1S/C17H34N2/c1-13-8-14(2)11-19(10-13)12-15-9-17(3,4)7-6-16(15)18-5/h13-16,18H,6-12H2,1-5H3. The zero-order chi connectivity index (χ0) is 14.0. The third-order valence-corrected chi connectivity index (χ3v) is 5.32. The molecular formula is C17H34N2. The maximum absolute atomic E-state index is 3.58. The average molecular weight is 266 g/mol. The average Bonchev–Trinajstić information content (AvgIpc) is 2.26. The Kier molecular flexibility index (Phi) is 4.94. The van der Waals surface area contributed by atoms with Gasteiger partial charge in [-0.05, 0) is 55.9 Å². The molecule has 1 heterocycles. The summed E-state index contributed by atoms with van der Waals surface area (Å²) in [7, 11) is 2.15. The summed E-state index contributed by atoms with van der Waals surface area (Å²) in [6, 6.07) is 0.737. The van der Waals surface area contributed by atoms with Crippen LogP contribution < -0.4 is 5.32 Å². The van der Waals surface area contributed by atoms with Gasteiger partial charge in [-0.15, -0.1) is 0 Å². The number of hydrogen-bond donors (Lipinski definition) is 1. The van der Waals surface area contributed by atoms with Gasteiger partial charge in [0.25, 0.3) is 0 Å². The molecule has 0 bridgehead atoms. The zero-order valence-corrected chi connectivity index (χ0v) is 13.7. The van der Waals surface area contributed by atoms with E-state index in [0.29, 0.717) is 5.41 Å². The van der Waals surface area contributed by atoms with E-state index in [1.165, 1.54) is 45.3 Å². The van der Waals surface area contributed by atoms with E-state index in [2.05, 4.69) is 45.0 Å². The lowest BCUT2D eigenvalue weighted by atomic mass is 9.69. The van der Waals surface area contributed by atoms with E-state index in [-0.39, 0.29) is 0 Å². The Morgan fingerprint density at radius 1 is 1.16 bits per heavy atom. The molecule has 112 valence electrons. The van der Waals surface area contributed by atoms with Crippen molar-refractivity contribution in [1.29, 1.82) is 0 Å². The van der Waals surface area contributed by atoms with Gasteiger partial charge in [0.05, 0.1) is 0 Å². The first kappa shape index (κ1) is 15.3. The lowest BCUT2D eigenvalue weighted by molar-refractivity contribution is 0.0696. The van der Waals surface area contributed by atoms with Crippen molar-refractivity contribution < 1.29 is 0 Å². The molecule has 2 heteroatoms. The van der Waals surface area contributed by atoms with E-state index in [1.807, 2.05) is 0 Å². The van der Waals surface area contributed by atoms with Gasteiger partial charge in [0.15, 0.2) is 0 Å². The van der Waals surface area contributed by atoms with Crippen molar-refractivity contribution in [2.75, 3.05) is 26.7 Å². The van der Waals surface area contributed by atoms with Crippen molar-refractivity contribution in [3.05, 3.63) is 0 Å². The molecule has 0 spiro atoms.